The maximum atomic E-state index is 12.5. The molecule has 0 aliphatic carbocycles. The average molecular weight is 403 g/mol. The molecule has 1 heterocycles. The van der Waals surface area contributed by atoms with Crippen LogP contribution in [0.5, 0.6) is 5.75 Å². The van der Waals surface area contributed by atoms with E-state index in [1.807, 2.05) is 23.1 Å². The van der Waals surface area contributed by atoms with Gasteiger partial charge in [0.15, 0.2) is 0 Å². The van der Waals surface area contributed by atoms with Gasteiger partial charge in [-0.25, -0.2) is 0 Å². The van der Waals surface area contributed by atoms with Gasteiger partial charge in [-0.2, -0.15) is 0 Å². The number of nitrogens with two attached hydrogens (primary N) is 1. The Morgan fingerprint density at radius 3 is 2.61 bits per heavy atom. The Bertz CT molecular complexity index is 766. The van der Waals surface area contributed by atoms with Crippen molar-refractivity contribution in [3.63, 3.8) is 0 Å². The predicted octanol–water partition coefficient (Wildman–Crippen LogP) is 4.23. The zero-order valence-corrected chi connectivity index (χ0v) is 17.6. The van der Waals surface area contributed by atoms with Crippen molar-refractivity contribution < 1.29 is 9.53 Å². The minimum Gasteiger partial charge on any atom is -0.493 e. The van der Waals surface area contributed by atoms with Crippen molar-refractivity contribution in [3.8, 4) is 5.75 Å². The number of hydrogen-bond acceptors (Lipinski definition) is 3. The first kappa shape index (κ1) is 22.3. The second kappa shape index (κ2) is 10.5. The quantitative estimate of drug-likeness (QED) is 0.705. The molecule has 3 rings (SSSR count). The van der Waals surface area contributed by atoms with Crippen LogP contribution in [-0.2, 0) is 4.79 Å². The van der Waals surface area contributed by atoms with Gasteiger partial charge in [-0.3, -0.25) is 4.79 Å². The summed E-state index contributed by atoms with van der Waals surface area (Å²) in [6.45, 7) is 6.14. The highest BCUT2D eigenvalue weighted by molar-refractivity contribution is 5.85. The number of unbranched alkanes of at least 4 members (excludes halogenated alkanes) is 1. The number of aryl methyl sites for hydroxylation is 2. The third-order valence-corrected chi connectivity index (χ3v) is 5.33. The number of halogens is 1. The highest BCUT2D eigenvalue weighted by Crippen LogP contribution is 2.27. The summed E-state index contributed by atoms with van der Waals surface area (Å²) in [7, 11) is 0. The first-order valence-corrected chi connectivity index (χ1v) is 9.83. The number of hydrogen-bond donors (Lipinski definition) is 1. The van der Waals surface area contributed by atoms with Crippen LogP contribution in [0.3, 0.4) is 0 Å². The summed E-state index contributed by atoms with van der Waals surface area (Å²) >= 11 is 0. The normalized spacial score (nSPS) is 18.6. The van der Waals surface area contributed by atoms with Crippen LogP contribution in [0.15, 0.2) is 48.5 Å². The van der Waals surface area contributed by atoms with E-state index >= 15 is 0 Å². The van der Waals surface area contributed by atoms with E-state index in [1.165, 1.54) is 11.1 Å². The summed E-state index contributed by atoms with van der Waals surface area (Å²) in [6, 6.07) is 16.5. The van der Waals surface area contributed by atoms with Gasteiger partial charge < -0.3 is 15.4 Å². The first-order chi connectivity index (χ1) is 13.0. The standard InChI is InChI=1S/C23H30N2O2.ClH/c1-17-11-12-18(2)22(14-17)27-13-7-6-10-23(26)25-15-20(21(24)16-25)19-8-4-3-5-9-19;/h3-5,8-9,11-12,14,20-21H,6-7,10,13,15-16,24H2,1-2H3;1H/t20-,21+;/m0./s1. The molecule has 2 aromatic rings. The van der Waals surface area contributed by atoms with Gasteiger partial charge in [0.2, 0.25) is 5.91 Å². The minimum absolute atomic E-state index is 0. The summed E-state index contributed by atoms with van der Waals surface area (Å²) in [6.07, 6.45) is 2.27. The van der Waals surface area contributed by atoms with E-state index in [4.69, 9.17) is 10.5 Å². The van der Waals surface area contributed by atoms with E-state index in [-0.39, 0.29) is 30.3 Å². The van der Waals surface area contributed by atoms with Crippen LogP contribution in [-0.4, -0.2) is 36.5 Å². The van der Waals surface area contributed by atoms with E-state index in [2.05, 4.69) is 44.2 Å². The SMILES string of the molecule is Cc1ccc(C)c(OCCCCC(=O)N2C[C@@H](N)[C@H](c3ccccc3)C2)c1.Cl. The largest absolute Gasteiger partial charge is 0.493 e. The van der Waals surface area contributed by atoms with Gasteiger partial charge in [-0.15, -0.1) is 12.4 Å². The Kier molecular flexibility index (Phi) is 8.34. The van der Waals surface area contributed by atoms with Crippen molar-refractivity contribution >= 4 is 18.3 Å². The molecule has 2 atom stereocenters. The summed E-state index contributed by atoms with van der Waals surface area (Å²) in [4.78, 5) is 14.5. The number of nitrogens with zero attached hydrogens (tertiary/aromatic N) is 1. The third kappa shape index (κ3) is 5.73. The Hall–Kier alpha value is -2.04. The number of ether oxygens (including phenoxy) is 1. The summed E-state index contributed by atoms with van der Waals surface area (Å²) < 4.78 is 5.87. The van der Waals surface area contributed by atoms with Gasteiger partial charge in [0.05, 0.1) is 6.61 Å². The molecule has 0 spiro atoms. The lowest BCUT2D eigenvalue weighted by Gasteiger charge is -2.16. The van der Waals surface area contributed by atoms with Crippen molar-refractivity contribution in [1.29, 1.82) is 0 Å². The van der Waals surface area contributed by atoms with Crippen LogP contribution in [0.1, 0.15) is 41.9 Å². The second-order valence-corrected chi connectivity index (χ2v) is 7.55. The maximum absolute atomic E-state index is 12.5. The van der Waals surface area contributed by atoms with Crippen molar-refractivity contribution in [3.05, 3.63) is 65.2 Å². The second-order valence-electron chi connectivity index (χ2n) is 7.55. The lowest BCUT2D eigenvalue weighted by Crippen LogP contribution is -2.32. The summed E-state index contributed by atoms with van der Waals surface area (Å²) in [5, 5.41) is 0. The van der Waals surface area contributed by atoms with E-state index in [1.54, 1.807) is 0 Å². The fourth-order valence-corrected chi connectivity index (χ4v) is 3.67. The summed E-state index contributed by atoms with van der Waals surface area (Å²) in [5.41, 5.74) is 9.86. The average Bonchev–Trinajstić information content (AvgIpc) is 3.06. The van der Waals surface area contributed by atoms with E-state index in [9.17, 15) is 4.79 Å². The molecule has 2 N–H and O–H groups in total. The van der Waals surface area contributed by atoms with Crippen molar-refractivity contribution in [2.24, 2.45) is 5.73 Å². The highest BCUT2D eigenvalue weighted by Gasteiger charge is 2.33. The Balaban J connectivity index is 0.00000280. The number of rotatable bonds is 7. The van der Waals surface area contributed by atoms with Gasteiger partial charge in [-0.05, 0) is 49.4 Å². The fraction of sp³-hybridized carbons (Fsp3) is 0.435. The zero-order valence-electron chi connectivity index (χ0n) is 16.8. The lowest BCUT2D eigenvalue weighted by molar-refractivity contribution is -0.130. The molecule has 0 unspecified atom stereocenters. The van der Waals surface area contributed by atoms with Gasteiger partial charge in [0.1, 0.15) is 5.75 Å². The molecule has 5 heteroatoms. The molecular formula is C23H31ClN2O2. The molecule has 4 nitrogen and oxygen atoms in total. The first-order valence-electron chi connectivity index (χ1n) is 9.83. The molecule has 0 bridgehead atoms. The summed E-state index contributed by atoms with van der Waals surface area (Å²) in [5.74, 6) is 1.39. The van der Waals surface area contributed by atoms with Crippen molar-refractivity contribution in [2.45, 2.75) is 45.1 Å². The van der Waals surface area contributed by atoms with Gasteiger partial charge >= 0.3 is 0 Å². The van der Waals surface area contributed by atoms with Crippen LogP contribution in [0.4, 0.5) is 0 Å². The maximum Gasteiger partial charge on any atom is 0.222 e. The molecule has 0 saturated carbocycles. The molecular weight excluding hydrogens is 372 g/mol. The van der Waals surface area contributed by atoms with Crippen molar-refractivity contribution in [2.75, 3.05) is 19.7 Å². The van der Waals surface area contributed by atoms with Crippen molar-refractivity contribution in [1.82, 2.24) is 4.90 Å². The monoisotopic (exact) mass is 402 g/mol. The Morgan fingerprint density at radius 2 is 1.86 bits per heavy atom. The van der Waals surface area contributed by atoms with Crippen LogP contribution in [0, 0.1) is 13.8 Å². The molecule has 152 valence electrons. The molecule has 1 saturated heterocycles. The topological polar surface area (TPSA) is 55.6 Å². The number of likely N-dealkylation sites (tertiary alicyclic amines) is 1. The molecule has 0 radical (unpaired) electrons. The van der Waals surface area contributed by atoms with Crippen LogP contribution < -0.4 is 10.5 Å². The van der Waals surface area contributed by atoms with Crippen LogP contribution in [0.25, 0.3) is 0 Å². The number of benzene rings is 2. The number of amides is 1. The molecule has 1 amide bonds. The van der Waals surface area contributed by atoms with Crippen LogP contribution >= 0.6 is 12.4 Å². The van der Waals surface area contributed by atoms with Gasteiger partial charge in [0.25, 0.3) is 0 Å². The van der Waals surface area contributed by atoms with E-state index in [0.29, 0.717) is 19.6 Å². The smallest absolute Gasteiger partial charge is 0.222 e. The molecule has 28 heavy (non-hydrogen) atoms. The molecule has 1 fully saturated rings. The number of carbonyl (C=O) groups excluding carboxylic acids is 1. The number of carbonyl (C=O) groups is 1. The van der Waals surface area contributed by atoms with E-state index < -0.39 is 0 Å². The molecule has 1 aliphatic rings. The molecule has 2 aromatic carbocycles. The zero-order chi connectivity index (χ0) is 19.2. The predicted molar refractivity (Wildman–Crippen MR) is 116 cm³/mol. The van der Waals surface area contributed by atoms with Crippen LogP contribution in [0.2, 0.25) is 0 Å². The fourth-order valence-electron chi connectivity index (χ4n) is 3.67. The van der Waals surface area contributed by atoms with E-state index in [0.717, 1.165) is 30.7 Å². The Morgan fingerprint density at radius 1 is 1.11 bits per heavy atom. The van der Waals surface area contributed by atoms with Gasteiger partial charge in [0, 0.05) is 31.5 Å². The molecule has 0 aromatic heterocycles. The third-order valence-electron chi connectivity index (χ3n) is 5.33. The van der Waals surface area contributed by atoms with Gasteiger partial charge in [-0.1, -0.05) is 42.5 Å². The lowest BCUT2D eigenvalue weighted by atomic mass is 9.95. The Labute approximate surface area is 174 Å². The molecule has 1 aliphatic heterocycles. The minimum atomic E-state index is 0. The highest BCUT2D eigenvalue weighted by atomic mass is 35.5.